The van der Waals surface area contributed by atoms with Crippen LogP contribution < -0.4 is 15.6 Å². The van der Waals surface area contributed by atoms with Gasteiger partial charge < -0.3 is 9.84 Å². The molecular weight excluding hydrogens is 351 g/mol. The Bertz CT molecular complexity index is 739. The average molecular weight is 376 g/mol. The van der Waals surface area contributed by atoms with Crippen LogP contribution in [0.3, 0.4) is 0 Å². The van der Waals surface area contributed by atoms with Gasteiger partial charge >= 0.3 is 0 Å². The van der Waals surface area contributed by atoms with Crippen molar-refractivity contribution in [1.29, 1.82) is 0 Å². The van der Waals surface area contributed by atoms with Gasteiger partial charge in [0, 0.05) is 6.42 Å². The van der Waals surface area contributed by atoms with E-state index in [0.29, 0.717) is 24.7 Å². The molecule has 0 radical (unpaired) electrons. The molecule has 1 aromatic rings. The third-order valence-electron chi connectivity index (χ3n) is 6.22. The van der Waals surface area contributed by atoms with Gasteiger partial charge in [-0.05, 0) is 67.9 Å². The van der Waals surface area contributed by atoms with Crippen LogP contribution in [0.2, 0.25) is 0 Å². The van der Waals surface area contributed by atoms with E-state index in [9.17, 15) is 19.1 Å². The van der Waals surface area contributed by atoms with Crippen molar-refractivity contribution in [3.8, 4) is 5.75 Å². The lowest BCUT2D eigenvalue weighted by atomic mass is 9.47. The number of benzene rings is 1. The number of carbonyl (C=O) groups excluding carboxylic acids is 2. The molecule has 0 saturated heterocycles. The number of rotatable bonds is 5. The van der Waals surface area contributed by atoms with E-state index in [-0.39, 0.29) is 17.1 Å². The van der Waals surface area contributed by atoms with E-state index in [2.05, 4.69) is 10.9 Å². The molecule has 4 fully saturated rings. The summed E-state index contributed by atoms with van der Waals surface area (Å²) in [5.41, 5.74) is 3.98. The van der Waals surface area contributed by atoms with Gasteiger partial charge in [-0.1, -0.05) is 12.1 Å². The van der Waals surface area contributed by atoms with Gasteiger partial charge in [0.15, 0.2) is 18.2 Å². The van der Waals surface area contributed by atoms with E-state index in [1.54, 1.807) is 6.07 Å². The van der Waals surface area contributed by atoms with Gasteiger partial charge in [-0.15, -0.1) is 0 Å². The van der Waals surface area contributed by atoms with Crippen LogP contribution in [0.5, 0.6) is 5.75 Å². The molecule has 0 spiro atoms. The number of hydrogen-bond acceptors (Lipinski definition) is 4. The molecule has 2 unspecified atom stereocenters. The lowest BCUT2D eigenvalue weighted by Gasteiger charge is -2.60. The van der Waals surface area contributed by atoms with Gasteiger partial charge in [0.05, 0.1) is 5.60 Å². The zero-order chi connectivity index (χ0) is 19.1. The van der Waals surface area contributed by atoms with Gasteiger partial charge in [0.25, 0.3) is 5.91 Å². The van der Waals surface area contributed by atoms with Crippen molar-refractivity contribution in [1.82, 2.24) is 10.9 Å². The molecule has 4 atom stereocenters. The minimum Gasteiger partial charge on any atom is -0.481 e. The van der Waals surface area contributed by atoms with Crippen LogP contribution in [0.15, 0.2) is 24.3 Å². The number of carbonyl (C=O) groups is 2. The van der Waals surface area contributed by atoms with Crippen LogP contribution in [-0.4, -0.2) is 29.1 Å². The Morgan fingerprint density at radius 2 is 1.78 bits per heavy atom. The van der Waals surface area contributed by atoms with Crippen LogP contribution >= 0.6 is 0 Å². The van der Waals surface area contributed by atoms with E-state index >= 15 is 0 Å². The molecule has 6 nitrogen and oxygen atoms in total. The van der Waals surface area contributed by atoms with Gasteiger partial charge in [-0.2, -0.15) is 0 Å². The summed E-state index contributed by atoms with van der Waals surface area (Å²) in [5.74, 6) is -0.369. The minimum absolute atomic E-state index is 0.0132. The summed E-state index contributed by atoms with van der Waals surface area (Å²) in [7, 11) is 0. The average Bonchev–Trinajstić information content (AvgIpc) is 2.56. The second-order valence-electron chi connectivity index (χ2n) is 8.68. The lowest BCUT2D eigenvalue weighted by molar-refractivity contribution is -0.169. The molecule has 4 saturated carbocycles. The highest BCUT2D eigenvalue weighted by Crippen LogP contribution is 2.62. The Hall–Kier alpha value is -2.15. The summed E-state index contributed by atoms with van der Waals surface area (Å²) in [5, 5.41) is 10.8. The summed E-state index contributed by atoms with van der Waals surface area (Å²) < 4.78 is 18.6. The van der Waals surface area contributed by atoms with Crippen molar-refractivity contribution >= 4 is 11.8 Å². The second kappa shape index (κ2) is 6.78. The van der Waals surface area contributed by atoms with Crippen LogP contribution in [0, 0.1) is 23.1 Å². The number of halogens is 1. The van der Waals surface area contributed by atoms with E-state index in [4.69, 9.17) is 4.74 Å². The molecule has 4 bridgehead atoms. The Morgan fingerprint density at radius 3 is 2.44 bits per heavy atom. The molecule has 1 aromatic carbocycles. The number of amides is 2. The fraction of sp³-hybridized carbons (Fsp3) is 0.600. The number of ether oxygens (including phenoxy) is 1. The maximum Gasteiger partial charge on any atom is 0.276 e. The number of nitrogens with one attached hydrogen (secondary N) is 2. The first-order valence-electron chi connectivity index (χ1n) is 9.52. The Balaban J connectivity index is 1.25. The summed E-state index contributed by atoms with van der Waals surface area (Å²) in [6, 6.07) is 5.81. The molecule has 4 aliphatic carbocycles. The first-order chi connectivity index (χ1) is 12.8. The SMILES string of the molecule is O=C(COc1ccccc1F)NNC(=O)CC12C[C@@H]3C[C@@H](CC(O)(C3)C1)C2. The highest BCUT2D eigenvalue weighted by atomic mass is 19.1. The first kappa shape index (κ1) is 18.2. The second-order valence-corrected chi connectivity index (χ2v) is 8.68. The predicted octanol–water partition coefficient (Wildman–Crippen LogP) is 2.07. The van der Waals surface area contributed by atoms with E-state index in [1.165, 1.54) is 18.2 Å². The van der Waals surface area contributed by atoms with Crippen LogP contribution in [0.1, 0.15) is 44.9 Å². The van der Waals surface area contributed by atoms with Gasteiger partial charge in [-0.3, -0.25) is 20.4 Å². The van der Waals surface area contributed by atoms with Crippen LogP contribution in [0.25, 0.3) is 0 Å². The fourth-order valence-corrected chi connectivity index (χ4v) is 5.87. The zero-order valence-corrected chi connectivity index (χ0v) is 15.2. The summed E-state index contributed by atoms with van der Waals surface area (Å²) in [6.45, 7) is -0.393. The largest absolute Gasteiger partial charge is 0.481 e. The highest BCUT2D eigenvalue weighted by molar-refractivity contribution is 5.83. The van der Waals surface area contributed by atoms with Gasteiger partial charge in [-0.25, -0.2) is 4.39 Å². The Kier molecular flexibility index (Phi) is 4.58. The number of para-hydroxylation sites is 1. The zero-order valence-electron chi connectivity index (χ0n) is 15.2. The quantitative estimate of drug-likeness (QED) is 0.687. The van der Waals surface area contributed by atoms with Crippen molar-refractivity contribution in [2.24, 2.45) is 17.3 Å². The van der Waals surface area contributed by atoms with Crippen molar-refractivity contribution in [3.05, 3.63) is 30.1 Å². The fourth-order valence-electron chi connectivity index (χ4n) is 5.87. The smallest absolute Gasteiger partial charge is 0.276 e. The highest BCUT2D eigenvalue weighted by Gasteiger charge is 2.57. The van der Waals surface area contributed by atoms with Crippen molar-refractivity contribution in [3.63, 3.8) is 0 Å². The van der Waals surface area contributed by atoms with Gasteiger partial charge in [0.2, 0.25) is 5.91 Å². The normalized spacial score (nSPS) is 33.6. The monoisotopic (exact) mass is 376 g/mol. The van der Waals surface area contributed by atoms with E-state index < -0.39 is 23.9 Å². The summed E-state index contributed by atoms with van der Waals surface area (Å²) in [4.78, 5) is 24.2. The molecule has 0 aliphatic heterocycles. The minimum atomic E-state index is -0.610. The number of aliphatic hydroxyl groups is 1. The molecule has 3 N–H and O–H groups in total. The molecule has 0 heterocycles. The Morgan fingerprint density at radius 1 is 1.11 bits per heavy atom. The molecule has 146 valence electrons. The van der Waals surface area contributed by atoms with Crippen molar-refractivity contribution < 1.29 is 23.8 Å². The molecule has 5 rings (SSSR count). The third-order valence-corrected chi connectivity index (χ3v) is 6.22. The summed E-state index contributed by atoms with van der Waals surface area (Å²) in [6.07, 6.45) is 5.80. The standard InChI is InChI=1S/C20H25FN2O4/c21-15-3-1-2-4-16(15)27-11-18(25)23-22-17(24)10-19-6-13-5-14(7-19)9-20(26,8-13)12-19/h1-4,13-14,26H,5-12H2,(H,22,24)(H,23,25)/t13-,14+,19?,20?. The van der Waals surface area contributed by atoms with Gasteiger partial charge in [0.1, 0.15) is 0 Å². The molecular formula is C20H25FN2O4. The lowest BCUT2D eigenvalue weighted by Crippen LogP contribution is -2.57. The summed E-state index contributed by atoms with van der Waals surface area (Å²) >= 11 is 0. The predicted molar refractivity (Wildman–Crippen MR) is 94.9 cm³/mol. The molecule has 0 aromatic heterocycles. The van der Waals surface area contributed by atoms with Crippen LogP contribution in [0.4, 0.5) is 4.39 Å². The van der Waals surface area contributed by atoms with E-state index in [1.807, 2.05) is 0 Å². The van der Waals surface area contributed by atoms with Crippen molar-refractivity contribution in [2.45, 2.75) is 50.5 Å². The Labute approximate surface area is 157 Å². The molecule has 2 amide bonds. The molecule has 4 aliphatic rings. The molecule has 27 heavy (non-hydrogen) atoms. The maximum atomic E-state index is 13.5. The maximum absolute atomic E-state index is 13.5. The van der Waals surface area contributed by atoms with Crippen LogP contribution in [-0.2, 0) is 9.59 Å². The third kappa shape index (κ3) is 3.93. The topological polar surface area (TPSA) is 87.7 Å². The number of hydrazine groups is 1. The molecule has 7 heteroatoms. The number of hydrogen-bond donors (Lipinski definition) is 3. The first-order valence-corrected chi connectivity index (χ1v) is 9.52. The van der Waals surface area contributed by atoms with Crippen molar-refractivity contribution in [2.75, 3.05) is 6.61 Å². The van der Waals surface area contributed by atoms with E-state index in [0.717, 1.165) is 32.1 Å².